The van der Waals surface area contributed by atoms with Crippen molar-refractivity contribution >= 4 is 17.3 Å². The normalized spacial score (nSPS) is 25.0. The first-order valence-electron chi connectivity index (χ1n) is 9.71. The minimum atomic E-state index is 0.225. The molecule has 0 spiro atoms. The molecule has 2 saturated carbocycles. The van der Waals surface area contributed by atoms with E-state index in [1.54, 1.807) is 0 Å². The smallest absolute Gasteiger partial charge is 0.169 e. The maximum Gasteiger partial charge on any atom is 0.169 e. The summed E-state index contributed by atoms with van der Waals surface area (Å²) in [4.78, 5) is 6.47. The Balaban J connectivity index is 1.52. The summed E-state index contributed by atoms with van der Waals surface area (Å²) in [6.07, 6.45) is 9.16. The van der Waals surface area contributed by atoms with Crippen molar-refractivity contribution in [3.8, 4) is 0 Å². The minimum Gasteiger partial charge on any atom is -0.360 e. The van der Waals surface area contributed by atoms with Gasteiger partial charge in [-0.05, 0) is 73.5 Å². The van der Waals surface area contributed by atoms with E-state index in [9.17, 15) is 0 Å². The summed E-state index contributed by atoms with van der Waals surface area (Å²) >= 11 is 5.90. The van der Waals surface area contributed by atoms with Crippen LogP contribution in [0.15, 0.2) is 54.9 Å². The summed E-state index contributed by atoms with van der Waals surface area (Å²) in [7, 11) is 0. The monoisotopic (exact) mass is 365 g/mol. The largest absolute Gasteiger partial charge is 0.360 e. The van der Waals surface area contributed by atoms with Gasteiger partial charge < -0.3 is 10.2 Å². The second kappa shape index (κ2) is 7.75. The Morgan fingerprint density at radius 1 is 1.15 bits per heavy atom. The number of nitrogens with one attached hydrogen (secondary N) is 1. The van der Waals surface area contributed by atoms with E-state index in [0.29, 0.717) is 6.04 Å². The minimum absolute atomic E-state index is 0.225. The lowest BCUT2D eigenvalue weighted by Gasteiger charge is -2.35. The van der Waals surface area contributed by atoms with Gasteiger partial charge in [0.05, 0.1) is 6.04 Å². The zero-order valence-electron chi connectivity index (χ0n) is 15.3. The van der Waals surface area contributed by atoms with Crippen LogP contribution in [-0.4, -0.2) is 21.0 Å². The summed E-state index contributed by atoms with van der Waals surface area (Å²) in [5, 5.41) is 4.61. The van der Waals surface area contributed by atoms with Crippen molar-refractivity contribution < 1.29 is 0 Å². The van der Waals surface area contributed by atoms with E-state index >= 15 is 0 Å². The fourth-order valence-electron chi connectivity index (χ4n) is 4.64. The summed E-state index contributed by atoms with van der Waals surface area (Å²) < 4.78 is 0. The number of fused-ring (bicyclic) bond motifs is 2. The van der Waals surface area contributed by atoms with Gasteiger partial charge in [0.25, 0.3) is 0 Å². The summed E-state index contributed by atoms with van der Waals surface area (Å²) in [6.45, 7) is 3.04. The Bertz CT molecular complexity index is 734. The van der Waals surface area contributed by atoms with Crippen molar-refractivity contribution in [3.05, 3.63) is 66.0 Å². The highest BCUT2D eigenvalue weighted by Gasteiger charge is 2.40. The van der Waals surface area contributed by atoms with Crippen LogP contribution in [0.2, 0.25) is 0 Å². The second-order valence-corrected chi connectivity index (χ2v) is 8.19. The zero-order chi connectivity index (χ0) is 17.9. The molecule has 0 saturated heterocycles. The van der Waals surface area contributed by atoms with Crippen LogP contribution in [0.5, 0.6) is 0 Å². The first-order valence-corrected chi connectivity index (χ1v) is 10.1. The second-order valence-electron chi connectivity index (χ2n) is 7.80. The van der Waals surface area contributed by atoms with Crippen LogP contribution in [0.3, 0.4) is 0 Å². The fourth-order valence-corrected chi connectivity index (χ4v) is 5.02. The molecule has 1 heterocycles. The first-order chi connectivity index (χ1) is 12.7. The number of benzene rings is 1. The molecule has 4 heteroatoms. The molecule has 3 nitrogen and oxygen atoms in total. The quantitative estimate of drug-likeness (QED) is 0.777. The molecular formula is C22H27N3S. The average Bonchev–Trinajstić information content (AvgIpc) is 3.30. The molecule has 2 fully saturated rings. The van der Waals surface area contributed by atoms with Crippen LogP contribution in [0, 0.1) is 11.8 Å². The van der Waals surface area contributed by atoms with E-state index in [4.69, 9.17) is 12.2 Å². The standard InChI is InChI=1S/C22H27N3S/c1-16(19-5-3-2-4-6-19)25(15-17-9-11-23-12-10-17)22(26)24-21-14-18-7-8-20(21)13-18/h2-6,9-12,16,18,20-21H,7-8,13-15H2,1H3,(H,24,26)/t16-,18-,20-,21+/m0/s1. The molecular weight excluding hydrogens is 338 g/mol. The Hall–Kier alpha value is -1.94. The van der Waals surface area contributed by atoms with E-state index in [1.165, 1.54) is 36.8 Å². The Kier molecular flexibility index (Phi) is 5.21. The third-order valence-corrected chi connectivity index (χ3v) is 6.51. The molecule has 1 N–H and O–H groups in total. The maximum atomic E-state index is 5.90. The van der Waals surface area contributed by atoms with E-state index in [0.717, 1.165) is 23.5 Å². The van der Waals surface area contributed by atoms with Gasteiger partial charge in [0.2, 0.25) is 0 Å². The SMILES string of the molecule is C[C@@H](c1ccccc1)N(Cc1ccncc1)C(=S)N[C@@H]1C[C@H]2CC[C@H]1C2. The van der Waals surface area contributed by atoms with Crippen LogP contribution < -0.4 is 5.32 Å². The third kappa shape index (κ3) is 3.75. The number of rotatable bonds is 5. The van der Waals surface area contributed by atoms with Gasteiger partial charge >= 0.3 is 0 Å². The molecule has 1 aromatic carbocycles. The molecule has 0 amide bonds. The van der Waals surface area contributed by atoms with Crippen molar-refractivity contribution in [2.24, 2.45) is 11.8 Å². The Morgan fingerprint density at radius 2 is 1.92 bits per heavy atom. The molecule has 2 aliphatic rings. The number of hydrogen-bond acceptors (Lipinski definition) is 2. The maximum absolute atomic E-state index is 5.90. The Morgan fingerprint density at radius 3 is 2.58 bits per heavy atom. The van der Waals surface area contributed by atoms with E-state index in [1.807, 2.05) is 12.4 Å². The average molecular weight is 366 g/mol. The molecule has 0 unspecified atom stereocenters. The molecule has 1 aromatic heterocycles. The van der Waals surface area contributed by atoms with Crippen LogP contribution in [0.4, 0.5) is 0 Å². The van der Waals surface area contributed by atoms with Crippen LogP contribution >= 0.6 is 12.2 Å². The lowest BCUT2D eigenvalue weighted by atomic mass is 9.95. The molecule has 2 bridgehead atoms. The van der Waals surface area contributed by atoms with E-state index in [2.05, 4.69) is 64.6 Å². The number of pyridine rings is 1. The molecule has 2 aromatic rings. The molecule has 0 aliphatic heterocycles. The predicted molar refractivity (Wildman–Crippen MR) is 110 cm³/mol. The summed E-state index contributed by atoms with van der Waals surface area (Å²) in [5.41, 5.74) is 2.53. The van der Waals surface area contributed by atoms with Gasteiger partial charge in [0.15, 0.2) is 5.11 Å². The molecule has 26 heavy (non-hydrogen) atoms. The first kappa shape index (κ1) is 17.5. The van der Waals surface area contributed by atoms with Crippen molar-refractivity contribution in [3.63, 3.8) is 0 Å². The molecule has 4 atom stereocenters. The van der Waals surface area contributed by atoms with E-state index < -0.39 is 0 Å². The van der Waals surface area contributed by atoms with Crippen molar-refractivity contribution in [2.45, 2.75) is 51.2 Å². The number of nitrogens with zero attached hydrogens (tertiary/aromatic N) is 2. The highest BCUT2D eigenvalue weighted by Crippen LogP contribution is 2.44. The highest BCUT2D eigenvalue weighted by atomic mass is 32.1. The van der Waals surface area contributed by atoms with Crippen molar-refractivity contribution in [1.82, 2.24) is 15.2 Å². The van der Waals surface area contributed by atoms with Crippen LogP contribution in [0.1, 0.15) is 49.8 Å². The highest BCUT2D eigenvalue weighted by molar-refractivity contribution is 7.80. The van der Waals surface area contributed by atoms with Gasteiger partial charge in [-0.2, -0.15) is 0 Å². The Labute approximate surface area is 161 Å². The predicted octanol–water partition coefficient (Wildman–Crippen LogP) is 4.71. The van der Waals surface area contributed by atoms with Gasteiger partial charge in [-0.3, -0.25) is 4.98 Å². The van der Waals surface area contributed by atoms with Gasteiger partial charge in [0, 0.05) is 25.0 Å². The number of hydrogen-bond donors (Lipinski definition) is 1. The zero-order valence-corrected chi connectivity index (χ0v) is 16.2. The summed E-state index contributed by atoms with van der Waals surface area (Å²) in [5.74, 6) is 1.73. The number of thiocarbonyl (C=S) groups is 1. The topological polar surface area (TPSA) is 28.2 Å². The lowest BCUT2D eigenvalue weighted by molar-refractivity contribution is 0.306. The van der Waals surface area contributed by atoms with Gasteiger partial charge in [-0.1, -0.05) is 36.8 Å². The van der Waals surface area contributed by atoms with Crippen molar-refractivity contribution in [2.75, 3.05) is 0 Å². The number of aromatic nitrogens is 1. The third-order valence-electron chi connectivity index (χ3n) is 6.16. The van der Waals surface area contributed by atoms with E-state index in [-0.39, 0.29) is 6.04 Å². The molecule has 2 aliphatic carbocycles. The van der Waals surface area contributed by atoms with Gasteiger partial charge in [-0.15, -0.1) is 0 Å². The summed E-state index contributed by atoms with van der Waals surface area (Å²) in [6, 6.07) is 15.6. The van der Waals surface area contributed by atoms with Crippen LogP contribution in [0.25, 0.3) is 0 Å². The van der Waals surface area contributed by atoms with Crippen LogP contribution in [-0.2, 0) is 6.54 Å². The lowest BCUT2D eigenvalue weighted by Crippen LogP contribution is -2.47. The molecule has 0 radical (unpaired) electrons. The molecule has 136 valence electrons. The fraction of sp³-hybridized carbons (Fsp3) is 0.455. The molecule has 4 rings (SSSR count). The van der Waals surface area contributed by atoms with Gasteiger partial charge in [0.1, 0.15) is 0 Å². The van der Waals surface area contributed by atoms with Gasteiger partial charge in [-0.25, -0.2) is 0 Å². The van der Waals surface area contributed by atoms with Crippen molar-refractivity contribution in [1.29, 1.82) is 0 Å².